The molecule has 6 heteroatoms. The lowest BCUT2D eigenvalue weighted by Gasteiger charge is -2.06. The van der Waals surface area contributed by atoms with Crippen molar-refractivity contribution in [2.24, 2.45) is 0 Å². The number of carbonyl (C=O) groups is 1. The van der Waals surface area contributed by atoms with Crippen LogP contribution in [0.2, 0.25) is 0 Å². The highest BCUT2D eigenvalue weighted by molar-refractivity contribution is 6.03. The van der Waals surface area contributed by atoms with Crippen molar-refractivity contribution in [3.05, 3.63) is 77.9 Å². The van der Waals surface area contributed by atoms with Gasteiger partial charge in [-0.25, -0.2) is 4.98 Å². The van der Waals surface area contributed by atoms with E-state index in [4.69, 9.17) is 10.3 Å². The largest absolute Gasteiger partial charge is 0.367 e. The van der Waals surface area contributed by atoms with Gasteiger partial charge in [0.15, 0.2) is 0 Å². The predicted molar refractivity (Wildman–Crippen MR) is 99.3 cm³/mol. The first-order valence-corrected chi connectivity index (χ1v) is 8.16. The van der Waals surface area contributed by atoms with Gasteiger partial charge in [-0.2, -0.15) is 0 Å². The number of nitrogens with zero attached hydrogens (tertiary/aromatic N) is 2. The number of nitrogen functional groups attached to an aromatic ring is 1. The molecule has 2 aromatic heterocycles. The Hall–Kier alpha value is -3.67. The van der Waals surface area contributed by atoms with E-state index < -0.39 is 0 Å². The first-order chi connectivity index (χ1) is 12.7. The van der Waals surface area contributed by atoms with E-state index in [1.807, 2.05) is 60.7 Å². The third kappa shape index (κ3) is 3.00. The maximum absolute atomic E-state index is 12.6. The van der Waals surface area contributed by atoms with Crippen molar-refractivity contribution in [2.75, 3.05) is 5.73 Å². The molecule has 1 amide bonds. The average molecular weight is 344 g/mol. The molecule has 0 atom stereocenters. The highest BCUT2D eigenvalue weighted by Gasteiger charge is 2.23. The van der Waals surface area contributed by atoms with Gasteiger partial charge in [0.25, 0.3) is 5.91 Å². The van der Waals surface area contributed by atoms with Crippen LogP contribution in [0.4, 0.5) is 5.88 Å². The zero-order valence-corrected chi connectivity index (χ0v) is 13.8. The van der Waals surface area contributed by atoms with Crippen LogP contribution in [0.5, 0.6) is 0 Å². The molecule has 0 bridgehead atoms. The number of anilines is 1. The minimum Gasteiger partial charge on any atom is -0.367 e. The maximum Gasteiger partial charge on any atom is 0.259 e. The smallest absolute Gasteiger partial charge is 0.259 e. The van der Waals surface area contributed by atoms with Gasteiger partial charge in [0.05, 0.1) is 11.2 Å². The third-order valence-corrected chi connectivity index (χ3v) is 4.08. The lowest BCUT2D eigenvalue weighted by Crippen LogP contribution is -2.23. The molecule has 0 radical (unpaired) electrons. The summed E-state index contributed by atoms with van der Waals surface area (Å²) < 4.78 is 5.06. The van der Waals surface area contributed by atoms with Crippen LogP contribution in [0, 0.1) is 0 Å². The lowest BCUT2D eigenvalue weighted by atomic mass is 10.1. The van der Waals surface area contributed by atoms with Gasteiger partial charge in [-0.15, -0.1) is 0 Å². The summed E-state index contributed by atoms with van der Waals surface area (Å²) in [4.78, 5) is 17.2. The zero-order chi connectivity index (χ0) is 17.9. The van der Waals surface area contributed by atoms with Gasteiger partial charge in [0.2, 0.25) is 5.88 Å². The summed E-state index contributed by atoms with van der Waals surface area (Å²) in [5, 5.41) is 7.79. The van der Waals surface area contributed by atoms with Crippen LogP contribution in [0.3, 0.4) is 0 Å². The minimum atomic E-state index is -0.349. The summed E-state index contributed by atoms with van der Waals surface area (Å²) in [5.41, 5.74) is 8.70. The van der Waals surface area contributed by atoms with Crippen LogP contribution in [-0.4, -0.2) is 16.0 Å². The van der Waals surface area contributed by atoms with Crippen molar-refractivity contribution < 1.29 is 9.32 Å². The topological polar surface area (TPSA) is 94.0 Å². The van der Waals surface area contributed by atoms with E-state index in [1.54, 1.807) is 6.07 Å². The lowest BCUT2D eigenvalue weighted by molar-refractivity contribution is 0.0952. The molecule has 0 aliphatic carbocycles. The van der Waals surface area contributed by atoms with Crippen molar-refractivity contribution in [2.45, 2.75) is 6.54 Å². The van der Waals surface area contributed by atoms with E-state index in [0.717, 1.165) is 16.5 Å². The minimum absolute atomic E-state index is 0.0273. The quantitative estimate of drug-likeness (QED) is 0.592. The molecule has 6 nitrogen and oxygen atoms in total. The molecule has 0 saturated carbocycles. The fourth-order valence-corrected chi connectivity index (χ4v) is 2.76. The first-order valence-electron chi connectivity index (χ1n) is 8.16. The Morgan fingerprint density at radius 1 is 1.00 bits per heavy atom. The summed E-state index contributed by atoms with van der Waals surface area (Å²) in [5.74, 6) is -0.377. The van der Waals surface area contributed by atoms with Crippen LogP contribution < -0.4 is 11.1 Å². The fraction of sp³-hybridized carbons (Fsp3) is 0.0500. The Morgan fingerprint density at radius 3 is 2.62 bits per heavy atom. The number of pyridine rings is 1. The summed E-state index contributed by atoms with van der Waals surface area (Å²) in [7, 11) is 0. The number of fused-ring (bicyclic) bond motifs is 1. The van der Waals surface area contributed by atoms with Crippen LogP contribution in [0.1, 0.15) is 15.9 Å². The number of amides is 1. The van der Waals surface area contributed by atoms with Gasteiger partial charge in [0.1, 0.15) is 11.3 Å². The SMILES string of the molecule is Nc1onc(-c2ccc3ccccc3n2)c1C(=O)NCc1ccccc1. The zero-order valence-electron chi connectivity index (χ0n) is 13.8. The summed E-state index contributed by atoms with van der Waals surface area (Å²) in [6.45, 7) is 0.384. The number of benzene rings is 2. The van der Waals surface area contributed by atoms with Crippen molar-refractivity contribution in [3.63, 3.8) is 0 Å². The second-order valence-electron chi connectivity index (χ2n) is 5.83. The Labute approximate surface area is 149 Å². The van der Waals surface area contributed by atoms with Crippen LogP contribution in [0.25, 0.3) is 22.3 Å². The highest BCUT2D eigenvalue weighted by Crippen LogP contribution is 2.27. The standard InChI is InChI=1S/C20H16N4O2/c21-19-17(20(25)22-12-13-6-2-1-3-7-13)18(24-26-19)16-11-10-14-8-4-5-9-15(14)23-16/h1-11H,12,21H2,(H,22,25). The number of aromatic nitrogens is 2. The van der Waals surface area contributed by atoms with Crippen molar-refractivity contribution in [3.8, 4) is 11.4 Å². The summed E-state index contributed by atoms with van der Waals surface area (Å²) in [6.07, 6.45) is 0. The van der Waals surface area contributed by atoms with E-state index >= 15 is 0 Å². The van der Waals surface area contributed by atoms with Gasteiger partial charge in [-0.05, 0) is 17.7 Å². The van der Waals surface area contributed by atoms with Gasteiger partial charge in [0, 0.05) is 11.9 Å². The van der Waals surface area contributed by atoms with Crippen LogP contribution in [-0.2, 0) is 6.54 Å². The molecule has 128 valence electrons. The summed E-state index contributed by atoms with van der Waals surface area (Å²) >= 11 is 0. The van der Waals surface area contributed by atoms with Gasteiger partial charge < -0.3 is 15.6 Å². The molecule has 3 N–H and O–H groups in total. The Kier molecular flexibility index (Phi) is 4.07. The number of hydrogen-bond acceptors (Lipinski definition) is 5. The molecule has 0 spiro atoms. The monoisotopic (exact) mass is 344 g/mol. The van der Waals surface area contributed by atoms with Gasteiger partial charge in [-0.1, -0.05) is 59.8 Å². The average Bonchev–Trinajstić information content (AvgIpc) is 3.08. The number of nitrogens with one attached hydrogen (secondary N) is 1. The maximum atomic E-state index is 12.6. The van der Waals surface area contributed by atoms with Crippen LogP contribution >= 0.6 is 0 Å². The fourth-order valence-electron chi connectivity index (χ4n) is 2.76. The molecule has 4 rings (SSSR count). The molecule has 0 fully saturated rings. The van der Waals surface area contributed by atoms with Gasteiger partial charge >= 0.3 is 0 Å². The highest BCUT2D eigenvalue weighted by atomic mass is 16.5. The van der Waals surface area contributed by atoms with Crippen molar-refractivity contribution in [1.82, 2.24) is 15.5 Å². The van der Waals surface area contributed by atoms with Crippen molar-refractivity contribution >= 4 is 22.7 Å². The predicted octanol–water partition coefficient (Wildman–Crippen LogP) is 3.40. The molecule has 0 unspecified atom stereocenters. The number of hydrogen-bond donors (Lipinski definition) is 2. The molecular weight excluding hydrogens is 328 g/mol. The first kappa shape index (κ1) is 15.8. The Morgan fingerprint density at radius 2 is 1.77 bits per heavy atom. The molecule has 0 saturated heterocycles. The van der Waals surface area contributed by atoms with E-state index in [1.165, 1.54) is 0 Å². The second-order valence-corrected chi connectivity index (χ2v) is 5.83. The molecule has 0 aliphatic heterocycles. The van der Waals surface area contributed by atoms with E-state index in [9.17, 15) is 4.79 Å². The molecule has 2 heterocycles. The second kappa shape index (κ2) is 6.68. The van der Waals surface area contributed by atoms with E-state index in [0.29, 0.717) is 17.9 Å². The molecule has 26 heavy (non-hydrogen) atoms. The van der Waals surface area contributed by atoms with Gasteiger partial charge in [-0.3, -0.25) is 4.79 Å². The number of carbonyl (C=O) groups excluding carboxylic acids is 1. The normalized spacial score (nSPS) is 10.8. The Balaban J connectivity index is 1.64. The van der Waals surface area contributed by atoms with E-state index in [-0.39, 0.29) is 17.4 Å². The van der Waals surface area contributed by atoms with Crippen molar-refractivity contribution in [1.29, 1.82) is 0 Å². The molecule has 0 aliphatic rings. The Bertz CT molecular complexity index is 1070. The number of rotatable bonds is 4. The summed E-state index contributed by atoms with van der Waals surface area (Å²) in [6, 6.07) is 21.1. The molecule has 4 aromatic rings. The molecule has 2 aromatic carbocycles. The molecular formula is C20H16N4O2. The van der Waals surface area contributed by atoms with Crippen LogP contribution in [0.15, 0.2) is 71.3 Å². The number of para-hydroxylation sites is 1. The third-order valence-electron chi connectivity index (χ3n) is 4.08. The van der Waals surface area contributed by atoms with E-state index in [2.05, 4.69) is 15.5 Å². The number of nitrogens with two attached hydrogens (primary N) is 1.